The number of aromatic nitrogens is 2. The van der Waals surface area contributed by atoms with Crippen molar-refractivity contribution < 1.29 is 9.59 Å². The highest BCUT2D eigenvalue weighted by atomic mass is 16.2. The second-order valence-corrected chi connectivity index (χ2v) is 5.84. The van der Waals surface area contributed by atoms with Crippen LogP contribution in [-0.4, -0.2) is 64.2 Å². The standard InChI is InChI=1S/C13H20N6O2/c1-7(2)10-9(14)11(17-16-10)12(20)18-3-4-19-8(6-18)5-15-13(19)21/h7-8H,3-6,14H2,1-2H3,(H,15,21)(H,16,17). The number of nitrogens with two attached hydrogens (primary N) is 1. The van der Waals surface area contributed by atoms with Crippen LogP contribution in [0.2, 0.25) is 0 Å². The van der Waals surface area contributed by atoms with Crippen molar-refractivity contribution >= 4 is 17.6 Å². The van der Waals surface area contributed by atoms with Gasteiger partial charge in [-0.15, -0.1) is 0 Å². The minimum absolute atomic E-state index is 0.0416. The molecule has 0 spiro atoms. The van der Waals surface area contributed by atoms with Gasteiger partial charge in [-0.25, -0.2) is 4.79 Å². The Balaban J connectivity index is 1.76. The number of rotatable bonds is 2. The molecule has 1 aromatic rings. The maximum absolute atomic E-state index is 12.6. The molecular formula is C13H20N6O2. The van der Waals surface area contributed by atoms with E-state index in [-0.39, 0.29) is 29.6 Å². The lowest BCUT2D eigenvalue weighted by Gasteiger charge is -2.36. The van der Waals surface area contributed by atoms with E-state index >= 15 is 0 Å². The number of amides is 3. The van der Waals surface area contributed by atoms with E-state index in [1.807, 2.05) is 13.8 Å². The van der Waals surface area contributed by atoms with Crippen LogP contribution in [0, 0.1) is 0 Å². The van der Waals surface area contributed by atoms with E-state index in [4.69, 9.17) is 5.73 Å². The number of aromatic amines is 1. The number of carbonyl (C=O) groups excluding carboxylic acids is 2. The van der Waals surface area contributed by atoms with Crippen molar-refractivity contribution in [3.63, 3.8) is 0 Å². The largest absolute Gasteiger partial charge is 0.395 e. The molecule has 2 aliphatic rings. The summed E-state index contributed by atoms with van der Waals surface area (Å²) in [6, 6.07) is -0.00610. The molecule has 0 saturated carbocycles. The Morgan fingerprint density at radius 1 is 1.43 bits per heavy atom. The molecule has 4 N–H and O–H groups in total. The van der Waals surface area contributed by atoms with Crippen molar-refractivity contribution in [3.05, 3.63) is 11.4 Å². The highest BCUT2D eigenvalue weighted by Crippen LogP contribution is 2.24. The van der Waals surface area contributed by atoms with E-state index in [0.29, 0.717) is 31.9 Å². The van der Waals surface area contributed by atoms with Gasteiger partial charge in [-0.1, -0.05) is 13.8 Å². The Morgan fingerprint density at radius 3 is 2.86 bits per heavy atom. The fourth-order valence-electron chi connectivity index (χ4n) is 2.91. The fraction of sp³-hybridized carbons (Fsp3) is 0.615. The lowest BCUT2D eigenvalue weighted by Crippen LogP contribution is -2.53. The van der Waals surface area contributed by atoms with Gasteiger partial charge in [-0.2, -0.15) is 5.10 Å². The molecule has 2 saturated heterocycles. The molecule has 0 radical (unpaired) electrons. The van der Waals surface area contributed by atoms with Crippen LogP contribution in [0.25, 0.3) is 0 Å². The first-order valence-electron chi connectivity index (χ1n) is 7.16. The molecule has 1 unspecified atom stereocenters. The number of piperazine rings is 1. The van der Waals surface area contributed by atoms with E-state index in [1.54, 1.807) is 9.80 Å². The van der Waals surface area contributed by atoms with E-state index in [9.17, 15) is 9.59 Å². The Bertz CT molecular complexity index is 581. The summed E-state index contributed by atoms with van der Waals surface area (Å²) in [6.07, 6.45) is 0. The van der Waals surface area contributed by atoms with Crippen molar-refractivity contribution in [2.24, 2.45) is 0 Å². The highest BCUT2D eigenvalue weighted by molar-refractivity contribution is 5.98. The molecule has 0 bridgehead atoms. The molecule has 0 aromatic carbocycles. The van der Waals surface area contributed by atoms with Crippen molar-refractivity contribution in [3.8, 4) is 0 Å². The molecule has 2 fully saturated rings. The van der Waals surface area contributed by atoms with Crippen molar-refractivity contribution in [2.75, 3.05) is 31.9 Å². The molecule has 3 amide bonds. The zero-order valence-corrected chi connectivity index (χ0v) is 12.2. The predicted molar refractivity (Wildman–Crippen MR) is 76.9 cm³/mol. The number of nitrogens with one attached hydrogen (secondary N) is 2. The molecule has 114 valence electrons. The minimum atomic E-state index is -0.172. The highest BCUT2D eigenvalue weighted by Gasteiger charge is 2.38. The van der Waals surface area contributed by atoms with Crippen molar-refractivity contribution in [2.45, 2.75) is 25.8 Å². The molecule has 0 aliphatic carbocycles. The Hall–Kier alpha value is -2.25. The molecule has 3 heterocycles. The number of H-pyrrole nitrogens is 1. The summed E-state index contributed by atoms with van der Waals surface area (Å²) < 4.78 is 0. The van der Waals surface area contributed by atoms with Crippen LogP contribution in [0.4, 0.5) is 10.5 Å². The first-order valence-corrected chi connectivity index (χ1v) is 7.16. The Kier molecular flexibility index (Phi) is 3.23. The van der Waals surface area contributed by atoms with E-state index in [2.05, 4.69) is 15.5 Å². The molecule has 8 nitrogen and oxygen atoms in total. The number of fused-ring (bicyclic) bond motifs is 1. The zero-order valence-electron chi connectivity index (χ0n) is 12.2. The first kappa shape index (κ1) is 13.7. The normalized spacial score (nSPS) is 21.7. The summed E-state index contributed by atoms with van der Waals surface area (Å²) in [5.74, 6) is 0.0159. The second-order valence-electron chi connectivity index (χ2n) is 5.84. The van der Waals surface area contributed by atoms with Gasteiger partial charge in [-0.3, -0.25) is 9.89 Å². The van der Waals surface area contributed by atoms with Gasteiger partial charge in [0.25, 0.3) is 5.91 Å². The SMILES string of the molecule is CC(C)c1[nH]nc(C(=O)N2CCN3C(=O)NCC3C2)c1N. The second kappa shape index (κ2) is 4.94. The van der Waals surface area contributed by atoms with Gasteiger partial charge in [-0.05, 0) is 5.92 Å². The van der Waals surface area contributed by atoms with E-state index in [1.165, 1.54) is 0 Å². The molecule has 21 heavy (non-hydrogen) atoms. The van der Waals surface area contributed by atoms with E-state index < -0.39 is 0 Å². The minimum Gasteiger partial charge on any atom is -0.395 e. The summed E-state index contributed by atoms with van der Waals surface area (Å²) in [5.41, 5.74) is 7.52. The van der Waals surface area contributed by atoms with Gasteiger partial charge < -0.3 is 20.9 Å². The Morgan fingerprint density at radius 2 is 2.19 bits per heavy atom. The lowest BCUT2D eigenvalue weighted by atomic mass is 10.1. The molecule has 3 rings (SSSR count). The number of hydrogen-bond donors (Lipinski definition) is 3. The van der Waals surface area contributed by atoms with Gasteiger partial charge in [0.15, 0.2) is 5.69 Å². The Labute approximate surface area is 122 Å². The summed E-state index contributed by atoms with van der Waals surface area (Å²) in [5, 5.41) is 9.72. The number of urea groups is 1. The molecule has 1 aromatic heterocycles. The predicted octanol–water partition coefficient (Wildman–Crippen LogP) is -0.0351. The van der Waals surface area contributed by atoms with Gasteiger partial charge in [0.05, 0.1) is 17.4 Å². The van der Waals surface area contributed by atoms with E-state index in [0.717, 1.165) is 5.69 Å². The summed E-state index contributed by atoms with van der Waals surface area (Å²) in [4.78, 5) is 27.6. The van der Waals surface area contributed by atoms with Gasteiger partial charge in [0, 0.05) is 26.2 Å². The number of nitrogens with zero attached hydrogens (tertiary/aromatic N) is 3. The average molecular weight is 292 g/mol. The van der Waals surface area contributed by atoms with Crippen LogP contribution in [0.5, 0.6) is 0 Å². The maximum Gasteiger partial charge on any atom is 0.317 e. The monoisotopic (exact) mass is 292 g/mol. The van der Waals surface area contributed by atoms with Crippen LogP contribution in [0.3, 0.4) is 0 Å². The van der Waals surface area contributed by atoms with Crippen molar-refractivity contribution in [1.82, 2.24) is 25.3 Å². The van der Waals surface area contributed by atoms with Gasteiger partial charge in [0.1, 0.15) is 0 Å². The quantitative estimate of drug-likeness (QED) is 0.711. The molecule has 1 atom stereocenters. The third-order valence-corrected chi connectivity index (χ3v) is 4.13. The summed E-state index contributed by atoms with van der Waals surface area (Å²) in [7, 11) is 0. The third kappa shape index (κ3) is 2.20. The summed E-state index contributed by atoms with van der Waals surface area (Å²) in [6.45, 7) is 6.13. The third-order valence-electron chi connectivity index (χ3n) is 4.13. The lowest BCUT2D eigenvalue weighted by molar-refractivity contribution is 0.0612. The number of hydrogen-bond acceptors (Lipinski definition) is 4. The summed E-state index contributed by atoms with van der Waals surface area (Å²) >= 11 is 0. The number of carbonyl (C=O) groups is 2. The van der Waals surface area contributed by atoms with Crippen LogP contribution < -0.4 is 11.1 Å². The average Bonchev–Trinajstić information content (AvgIpc) is 3.01. The number of nitrogen functional groups attached to an aromatic ring is 1. The maximum atomic E-state index is 12.6. The fourth-order valence-corrected chi connectivity index (χ4v) is 2.91. The van der Waals surface area contributed by atoms with Gasteiger partial charge in [0.2, 0.25) is 0 Å². The smallest absolute Gasteiger partial charge is 0.317 e. The van der Waals surface area contributed by atoms with Crippen LogP contribution in [0.15, 0.2) is 0 Å². The van der Waals surface area contributed by atoms with Crippen LogP contribution in [-0.2, 0) is 0 Å². The first-order chi connectivity index (χ1) is 9.99. The van der Waals surface area contributed by atoms with Crippen LogP contribution >= 0.6 is 0 Å². The van der Waals surface area contributed by atoms with Gasteiger partial charge >= 0.3 is 6.03 Å². The number of anilines is 1. The topological polar surface area (TPSA) is 107 Å². The van der Waals surface area contributed by atoms with Crippen LogP contribution in [0.1, 0.15) is 35.9 Å². The zero-order chi connectivity index (χ0) is 15.1. The molecule has 8 heteroatoms. The molecular weight excluding hydrogens is 272 g/mol. The van der Waals surface area contributed by atoms with Crippen molar-refractivity contribution in [1.29, 1.82) is 0 Å². The molecule has 2 aliphatic heterocycles.